The van der Waals surface area contributed by atoms with Gasteiger partial charge in [-0.15, -0.1) is 6.58 Å². The average molecular weight is 1020 g/mol. The first kappa shape index (κ1) is 74.1. The first-order valence-electron chi connectivity index (χ1n) is 31.1. The molecule has 0 aromatic carbocycles. The van der Waals surface area contributed by atoms with Crippen molar-refractivity contribution in [3.63, 3.8) is 0 Å². The summed E-state index contributed by atoms with van der Waals surface area (Å²) in [5, 5.41) is 0. The maximum atomic E-state index is 11.6. The molecule has 428 valence electrons. The van der Waals surface area contributed by atoms with Gasteiger partial charge in [0.15, 0.2) is 0 Å². The predicted octanol–water partition coefficient (Wildman–Crippen LogP) is 21.9. The molecule has 0 radical (unpaired) electrons. The smallest absolute Gasteiger partial charge is 0.306 e. The number of carbonyl (C=O) groups is 3. The molecular weight excluding hydrogens is 889 g/mol. The lowest BCUT2D eigenvalue weighted by Gasteiger charge is -2.17. The molecule has 0 spiro atoms. The van der Waals surface area contributed by atoms with Gasteiger partial charge in [-0.1, -0.05) is 268 Å². The third-order valence-corrected chi connectivity index (χ3v) is 13.2. The zero-order valence-electron chi connectivity index (χ0n) is 50.7. The maximum absolute atomic E-state index is 11.6. The Morgan fingerprint density at radius 1 is 0.333 bits per heavy atom. The van der Waals surface area contributed by atoms with E-state index in [0.29, 0.717) is 55.3 Å². The van der Waals surface area contributed by atoms with E-state index in [1.54, 1.807) is 0 Å². The van der Waals surface area contributed by atoms with Crippen LogP contribution in [0, 0.1) is 16.2 Å². The first-order chi connectivity index (χ1) is 34.4. The van der Waals surface area contributed by atoms with Crippen LogP contribution in [0.2, 0.25) is 0 Å². The van der Waals surface area contributed by atoms with E-state index < -0.39 is 0 Å². The largest absolute Gasteiger partial charge is 0.466 e. The Labute approximate surface area is 451 Å². The molecule has 0 atom stereocenters. The minimum Gasteiger partial charge on any atom is -0.466 e. The van der Waals surface area contributed by atoms with Gasteiger partial charge in [0, 0.05) is 19.3 Å². The van der Waals surface area contributed by atoms with Crippen LogP contribution in [-0.4, -0.2) is 37.7 Å². The highest BCUT2D eigenvalue weighted by Gasteiger charge is 2.11. The second-order valence-electron chi connectivity index (χ2n) is 25.0. The molecule has 0 aliphatic heterocycles. The summed E-state index contributed by atoms with van der Waals surface area (Å²) in [7, 11) is 0. The quantitative estimate of drug-likeness (QED) is 0.0262. The van der Waals surface area contributed by atoms with Gasteiger partial charge in [-0.3, -0.25) is 14.4 Å². The molecule has 0 saturated heterocycles. The van der Waals surface area contributed by atoms with Crippen molar-refractivity contribution in [2.24, 2.45) is 16.2 Å². The maximum Gasteiger partial charge on any atom is 0.306 e. The van der Waals surface area contributed by atoms with Gasteiger partial charge in [-0.2, -0.15) is 0 Å². The number of rotatable bonds is 47. The molecular formula is C66H128O6. The van der Waals surface area contributed by atoms with Crippen molar-refractivity contribution in [2.75, 3.05) is 19.8 Å². The van der Waals surface area contributed by atoms with Crippen LogP contribution in [-0.2, 0) is 28.6 Å². The molecule has 0 aliphatic rings. The van der Waals surface area contributed by atoms with Crippen molar-refractivity contribution in [3.05, 3.63) is 24.8 Å². The van der Waals surface area contributed by atoms with E-state index in [1.165, 1.54) is 193 Å². The molecule has 0 unspecified atom stereocenters. The fourth-order valence-electron chi connectivity index (χ4n) is 8.48. The number of esters is 3. The lowest BCUT2D eigenvalue weighted by molar-refractivity contribution is -0.144. The fraction of sp³-hybridized carbons (Fsp3) is 0.894. The topological polar surface area (TPSA) is 78.9 Å². The van der Waals surface area contributed by atoms with Crippen LogP contribution in [0.5, 0.6) is 0 Å². The third kappa shape index (κ3) is 74.4. The molecule has 0 aromatic heterocycles. The second-order valence-corrected chi connectivity index (χ2v) is 25.0. The molecule has 0 saturated carbocycles. The molecule has 0 aliphatic carbocycles. The summed E-state index contributed by atoms with van der Waals surface area (Å²) in [6.45, 7) is 30.6. The Balaban J connectivity index is -0.000000992. The molecule has 6 heteroatoms. The number of allylic oxidation sites excluding steroid dienone is 2. The van der Waals surface area contributed by atoms with Gasteiger partial charge < -0.3 is 14.2 Å². The van der Waals surface area contributed by atoms with Gasteiger partial charge in [0.1, 0.15) is 6.61 Å². The van der Waals surface area contributed by atoms with Crippen molar-refractivity contribution in [2.45, 2.75) is 346 Å². The van der Waals surface area contributed by atoms with Gasteiger partial charge in [0.05, 0.1) is 13.2 Å². The zero-order chi connectivity index (χ0) is 54.3. The van der Waals surface area contributed by atoms with Crippen LogP contribution in [0.3, 0.4) is 0 Å². The van der Waals surface area contributed by atoms with Crippen LogP contribution in [0.4, 0.5) is 0 Å². The molecule has 0 fully saturated rings. The van der Waals surface area contributed by atoms with Crippen LogP contribution in [0.15, 0.2) is 24.8 Å². The monoisotopic (exact) mass is 1020 g/mol. The number of ether oxygens (including phenoxy) is 3. The van der Waals surface area contributed by atoms with Gasteiger partial charge >= 0.3 is 17.9 Å². The summed E-state index contributed by atoms with van der Waals surface area (Å²) < 4.78 is 15.8. The second kappa shape index (κ2) is 55.1. The normalized spacial score (nSPS) is 11.7. The Morgan fingerprint density at radius 3 is 0.958 bits per heavy atom. The minimum absolute atomic E-state index is 0.00519. The van der Waals surface area contributed by atoms with Gasteiger partial charge in [-0.25, -0.2) is 0 Å². The number of hydrogen-bond acceptors (Lipinski definition) is 6. The molecule has 0 heterocycles. The Kier molecular flexibility index (Phi) is 56.8. The molecule has 0 amide bonds. The van der Waals surface area contributed by atoms with E-state index >= 15 is 0 Å². The summed E-state index contributed by atoms with van der Waals surface area (Å²) in [6, 6.07) is 0. The van der Waals surface area contributed by atoms with Crippen LogP contribution < -0.4 is 0 Å². The summed E-state index contributed by atoms with van der Waals surface area (Å²) >= 11 is 0. The van der Waals surface area contributed by atoms with Gasteiger partial charge in [-0.05, 0) is 93.3 Å². The van der Waals surface area contributed by atoms with Gasteiger partial charge in [0.2, 0.25) is 0 Å². The molecule has 0 N–H and O–H groups in total. The van der Waals surface area contributed by atoms with Crippen LogP contribution >= 0.6 is 0 Å². The van der Waals surface area contributed by atoms with E-state index in [2.05, 4.69) is 88.8 Å². The third-order valence-electron chi connectivity index (χ3n) is 13.2. The zero-order valence-corrected chi connectivity index (χ0v) is 50.7. The standard InChI is InChI=1S/C22H44O2.2C22H42O2/c3*1-5-6-7-8-11-14-17-20-24-21(23)18-15-12-9-10-13-16-19-22(2,3)4/h5-20H2,1-4H3;14,17H,5-13,15-16,18-20H2,1-4H3;5H,1,6-20H2,2-4H3/b;17-14-;. The number of carbonyl (C=O) groups excluding carboxylic acids is 3. The van der Waals surface area contributed by atoms with E-state index in [0.717, 1.165) is 57.8 Å². The molecule has 72 heavy (non-hydrogen) atoms. The van der Waals surface area contributed by atoms with Crippen LogP contribution in [0.1, 0.15) is 346 Å². The minimum atomic E-state index is -0.0432. The fourth-order valence-corrected chi connectivity index (χ4v) is 8.48. The average Bonchev–Trinajstić information content (AvgIpc) is 3.31. The van der Waals surface area contributed by atoms with Gasteiger partial charge in [0.25, 0.3) is 0 Å². The Bertz CT molecular complexity index is 1180. The van der Waals surface area contributed by atoms with Crippen molar-refractivity contribution in [1.29, 1.82) is 0 Å². The van der Waals surface area contributed by atoms with E-state index in [9.17, 15) is 14.4 Å². The summed E-state index contributed by atoms with van der Waals surface area (Å²) in [6.07, 6.45) is 56.0. The summed E-state index contributed by atoms with van der Waals surface area (Å²) in [5.74, 6) is -0.0403. The van der Waals surface area contributed by atoms with Crippen molar-refractivity contribution >= 4 is 17.9 Å². The molecule has 0 rings (SSSR count). The van der Waals surface area contributed by atoms with Crippen molar-refractivity contribution < 1.29 is 28.6 Å². The highest BCUT2D eigenvalue weighted by molar-refractivity contribution is 5.69. The Hall–Kier alpha value is -2.11. The number of unbranched alkanes of at least 4 members (excludes halogenated alkanes) is 30. The highest BCUT2D eigenvalue weighted by atomic mass is 16.5. The molecule has 0 aromatic rings. The van der Waals surface area contributed by atoms with Crippen molar-refractivity contribution in [3.8, 4) is 0 Å². The van der Waals surface area contributed by atoms with E-state index in [1.807, 2.05) is 12.2 Å². The predicted molar refractivity (Wildman–Crippen MR) is 316 cm³/mol. The summed E-state index contributed by atoms with van der Waals surface area (Å²) in [4.78, 5) is 34.9. The Morgan fingerprint density at radius 2 is 0.611 bits per heavy atom. The van der Waals surface area contributed by atoms with E-state index in [4.69, 9.17) is 14.2 Å². The SMILES string of the molecule is C=CCCCCCCCOC(=O)CCCCCCCCC(C)(C)C.CCCCCC/C=C\COC(=O)CCCCCCCCC(C)(C)C.CCCCCCCCCOC(=O)CCCCCCCCC(C)(C)C. The van der Waals surface area contributed by atoms with Crippen LogP contribution in [0.25, 0.3) is 0 Å². The lowest BCUT2D eigenvalue weighted by atomic mass is 9.89. The molecule has 6 nitrogen and oxygen atoms in total. The highest BCUT2D eigenvalue weighted by Crippen LogP contribution is 2.25. The molecule has 0 bridgehead atoms. The number of hydrogen-bond donors (Lipinski definition) is 0. The van der Waals surface area contributed by atoms with Crippen molar-refractivity contribution in [1.82, 2.24) is 0 Å². The summed E-state index contributed by atoms with van der Waals surface area (Å²) in [5.41, 5.74) is 1.41. The van der Waals surface area contributed by atoms with E-state index in [-0.39, 0.29) is 17.9 Å². The first-order valence-corrected chi connectivity index (χ1v) is 31.1. The lowest BCUT2D eigenvalue weighted by Crippen LogP contribution is -2.05.